The van der Waals surface area contributed by atoms with E-state index in [1.807, 2.05) is 30.6 Å². The van der Waals surface area contributed by atoms with Crippen LogP contribution in [0.3, 0.4) is 0 Å². The number of likely N-dealkylation sites (N-methyl/N-ethyl adjacent to an activating group) is 1. The summed E-state index contributed by atoms with van der Waals surface area (Å²) in [6, 6.07) is 8.89. The van der Waals surface area contributed by atoms with Crippen molar-refractivity contribution in [3.63, 3.8) is 0 Å². The fourth-order valence-corrected chi connectivity index (χ4v) is 3.35. The third kappa shape index (κ3) is 2.96. The summed E-state index contributed by atoms with van der Waals surface area (Å²) in [5.74, 6) is -0.0675. The fourth-order valence-electron chi connectivity index (χ4n) is 3.35. The molecule has 0 aliphatic rings. The first-order chi connectivity index (χ1) is 13.0. The van der Waals surface area contributed by atoms with E-state index in [2.05, 4.69) is 15.2 Å². The number of pyridine rings is 1. The van der Waals surface area contributed by atoms with E-state index in [9.17, 15) is 9.59 Å². The lowest BCUT2D eigenvalue weighted by Crippen LogP contribution is -2.21. The molecule has 0 saturated heterocycles. The topological polar surface area (TPSA) is 75.9 Å². The number of hydrogen-bond acceptors (Lipinski definition) is 6. The number of nitrogens with one attached hydrogen (secondary N) is 1. The van der Waals surface area contributed by atoms with Gasteiger partial charge in [-0.3, -0.25) is 14.0 Å². The zero-order valence-electron chi connectivity index (χ0n) is 15.4. The van der Waals surface area contributed by atoms with Gasteiger partial charge in [0.05, 0.1) is 27.3 Å². The Balaban J connectivity index is 1.96. The lowest BCUT2D eigenvalue weighted by atomic mass is 10.1. The minimum Gasteiger partial charge on any atom is -0.427 e. The van der Waals surface area contributed by atoms with E-state index in [1.165, 1.54) is 6.92 Å². The molecule has 7 heteroatoms. The van der Waals surface area contributed by atoms with Crippen molar-refractivity contribution in [3.8, 4) is 5.75 Å². The summed E-state index contributed by atoms with van der Waals surface area (Å²) in [6.07, 6.45) is 1.72. The molecule has 2 aromatic heterocycles. The molecule has 0 amide bonds. The van der Waals surface area contributed by atoms with Crippen molar-refractivity contribution in [2.24, 2.45) is 0 Å². The smallest absolute Gasteiger partial charge is 0.308 e. The molecule has 2 heterocycles. The van der Waals surface area contributed by atoms with Gasteiger partial charge >= 0.3 is 5.97 Å². The SMILES string of the molecule is CC(=O)Oc1ccc2c(c1)c(=O)c1c(NCCN(C)C)ccc3ncn2c31. The largest absolute Gasteiger partial charge is 0.427 e. The summed E-state index contributed by atoms with van der Waals surface area (Å²) < 4.78 is 7.07. The van der Waals surface area contributed by atoms with Crippen LogP contribution in [0.4, 0.5) is 5.69 Å². The normalized spacial score (nSPS) is 11.7. The molecule has 138 valence electrons. The summed E-state index contributed by atoms with van der Waals surface area (Å²) in [6.45, 7) is 2.90. The van der Waals surface area contributed by atoms with Crippen molar-refractivity contribution >= 4 is 39.0 Å². The molecule has 7 nitrogen and oxygen atoms in total. The molecule has 2 aromatic carbocycles. The summed E-state index contributed by atoms with van der Waals surface area (Å²) in [5, 5.41) is 4.44. The second kappa shape index (κ2) is 6.51. The minimum atomic E-state index is -0.422. The zero-order chi connectivity index (χ0) is 19.1. The van der Waals surface area contributed by atoms with E-state index in [0.29, 0.717) is 23.1 Å². The standard InChI is InChI=1S/C20H20N4O3/c1-12(25)27-13-4-7-17-14(10-13)20(26)18-15(21-8-9-23(2)3)5-6-16-19(18)24(17)11-22-16/h4-7,10-11,21H,8-9H2,1-3H3. The van der Waals surface area contributed by atoms with Gasteiger partial charge in [-0.15, -0.1) is 0 Å². The zero-order valence-corrected chi connectivity index (χ0v) is 15.4. The Labute approximate surface area is 155 Å². The highest BCUT2D eigenvalue weighted by Crippen LogP contribution is 2.29. The fraction of sp³-hybridized carbons (Fsp3) is 0.250. The number of benzene rings is 2. The van der Waals surface area contributed by atoms with Gasteiger partial charge in [0.25, 0.3) is 0 Å². The number of nitrogens with zero attached hydrogens (tertiary/aromatic N) is 3. The van der Waals surface area contributed by atoms with Gasteiger partial charge in [0.2, 0.25) is 0 Å². The van der Waals surface area contributed by atoms with Crippen molar-refractivity contribution in [2.75, 3.05) is 32.5 Å². The molecule has 0 unspecified atom stereocenters. The predicted molar refractivity (Wildman–Crippen MR) is 106 cm³/mol. The number of imidazole rings is 1. The monoisotopic (exact) mass is 364 g/mol. The summed E-state index contributed by atoms with van der Waals surface area (Å²) >= 11 is 0. The Hall–Kier alpha value is -3.19. The van der Waals surface area contributed by atoms with Gasteiger partial charge in [-0.25, -0.2) is 4.98 Å². The predicted octanol–water partition coefficient (Wildman–Crippen LogP) is 2.34. The summed E-state index contributed by atoms with van der Waals surface area (Å²) in [5.41, 5.74) is 2.97. The molecule has 0 radical (unpaired) electrons. The van der Waals surface area contributed by atoms with Crippen molar-refractivity contribution in [1.29, 1.82) is 0 Å². The van der Waals surface area contributed by atoms with Crippen LogP contribution >= 0.6 is 0 Å². The first-order valence-electron chi connectivity index (χ1n) is 8.72. The first kappa shape index (κ1) is 17.2. The molecule has 4 rings (SSSR count). The minimum absolute atomic E-state index is 0.107. The van der Waals surface area contributed by atoms with Crippen LogP contribution in [0, 0.1) is 0 Å². The lowest BCUT2D eigenvalue weighted by Gasteiger charge is -2.14. The maximum atomic E-state index is 13.3. The number of esters is 1. The molecule has 27 heavy (non-hydrogen) atoms. The molecule has 0 bridgehead atoms. The number of carbonyl (C=O) groups is 1. The third-order valence-electron chi connectivity index (χ3n) is 4.55. The Kier molecular flexibility index (Phi) is 4.16. The van der Waals surface area contributed by atoms with Crippen LogP contribution in [0.2, 0.25) is 0 Å². The molecule has 0 fully saturated rings. The number of carbonyl (C=O) groups excluding carboxylic acids is 1. The molecule has 0 saturated carbocycles. The quantitative estimate of drug-likeness (QED) is 0.333. The van der Waals surface area contributed by atoms with Crippen LogP contribution < -0.4 is 15.5 Å². The highest BCUT2D eigenvalue weighted by atomic mass is 16.5. The Morgan fingerprint density at radius 1 is 1.26 bits per heavy atom. The summed E-state index contributed by atoms with van der Waals surface area (Å²) in [4.78, 5) is 31.1. The molecular formula is C20H20N4O3. The van der Waals surface area contributed by atoms with E-state index in [4.69, 9.17) is 4.74 Å². The van der Waals surface area contributed by atoms with Gasteiger partial charge in [-0.2, -0.15) is 0 Å². The Morgan fingerprint density at radius 2 is 2.07 bits per heavy atom. The van der Waals surface area contributed by atoms with Gasteiger partial charge in [-0.05, 0) is 44.4 Å². The average molecular weight is 364 g/mol. The van der Waals surface area contributed by atoms with Crippen molar-refractivity contribution in [3.05, 3.63) is 46.9 Å². The van der Waals surface area contributed by atoms with E-state index in [-0.39, 0.29) is 5.43 Å². The van der Waals surface area contributed by atoms with Crippen LogP contribution in [0.1, 0.15) is 6.92 Å². The van der Waals surface area contributed by atoms with Gasteiger partial charge in [0.15, 0.2) is 5.43 Å². The average Bonchev–Trinajstić information content (AvgIpc) is 3.04. The number of fused-ring (bicyclic) bond motifs is 2. The highest BCUT2D eigenvalue weighted by Gasteiger charge is 2.17. The molecule has 0 aliphatic heterocycles. The molecule has 0 spiro atoms. The van der Waals surface area contributed by atoms with Crippen molar-refractivity contribution in [2.45, 2.75) is 6.92 Å². The van der Waals surface area contributed by atoms with Crippen LogP contribution in [-0.2, 0) is 4.79 Å². The van der Waals surface area contributed by atoms with Gasteiger partial charge < -0.3 is 15.0 Å². The first-order valence-corrected chi connectivity index (χ1v) is 8.72. The lowest BCUT2D eigenvalue weighted by molar-refractivity contribution is -0.131. The van der Waals surface area contributed by atoms with E-state index in [1.54, 1.807) is 24.5 Å². The Morgan fingerprint density at radius 3 is 2.81 bits per heavy atom. The second-order valence-corrected chi connectivity index (χ2v) is 6.80. The number of rotatable bonds is 5. The highest BCUT2D eigenvalue weighted by molar-refractivity contribution is 6.07. The van der Waals surface area contributed by atoms with E-state index >= 15 is 0 Å². The maximum Gasteiger partial charge on any atom is 0.308 e. The molecule has 0 aliphatic carbocycles. The second-order valence-electron chi connectivity index (χ2n) is 6.80. The van der Waals surface area contributed by atoms with Crippen molar-refractivity contribution in [1.82, 2.24) is 14.3 Å². The number of ether oxygens (including phenoxy) is 1. The van der Waals surface area contributed by atoms with Gasteiger partial charge in [0.1, 0.15) is 12.1 Å². The van der Waals surface area contributed by atoms with Crippen LogP contribution in [-0.4, -0.2) is 47.4 Å². The number of anilines is 1. The molecule has 1 N–H and O–H groups in total. The molecular weight excluding hydrogens is 344 g/mol. The van der Waals surface area contributed by atoms with E-state index in [0.717, 1.165) is 28.8 Å². The summed E-state index contributed by atoms with van der Waals surface area (Å²) in [7, 11) is 4.00. The van der Waals surface area contributed by atoms with E-state index < -0.39 is 5.97 Å². The maximum absolute atomic E-state index is 13.3. The van der Waals surface area contributed by atoms with Gasteiger partial charge in [0, 0.05) is 25.7 Å². The molecule has 0 atom stereocenters. The third-order valence-corrected chi connectivity index (χ3v) is 4.55. The number of hydrogen-bond donors (Lipinski definition) is 1. The van der Waals surface area contributed by atoms with Crippen LogP contribution in [0.25, 0.3) is 27.3 Å². The number of aromatic nitrogens is 2. The van der Waals surface area contributed by atoms with Gasteiger partial charge in [-0.1, -0.05) is 0 Å². The van der Waals surface area contributed by atoms with Crippen molar-refractivity contribution < 1.29 is 9.53 Å². The molecule has 4 aromatic rings. The van der Waals surface area contributed by atoms with Crippen LogP contribution in [0.15, 0.2) is 41.5 Å². The van der Waals surface area contributed by atoms with Crippen LogP contribution in [0.5, 0.6) is 5.75 Å². The Bertz CT molecular complexity index is 1210.